The van der Waals surface area contributed by atoms with Gasteiger partial charge in [0.15, 0.2) is 11.5 Å². The van der Waals surface area contributed by atoms with Crippen molar-refractivity contribution in [3.8, 4) is 17.2 Å². The van der Waals surface area contributed by atoms with E-state index >= 15 is 0 Å². The highest BCUT2D eigenvalue weighted by molar-refractivity contribution is 6.43. The van der Waals surface area contributed by atoms with Crippen LogP contribution in [0.2, 0.25) is 0 Å². The summed E-state index contributed by atoms with van der Waals surface area (Å²) in [5, 5.41) is 0. The summed E-state index contributed by atoms with van der Waals surface area (Å²) < 4.78 is 16.0. The summed E-state index contributed by atoms with van der Waals surface area (Å²) in [6.07, 6.45) is 5.73. The summed E-state index contributed by atoms with van der Waals surface area (Å²) in [7, 11) is 4.31. The molecule has 3 heterocycles. The first kappa shape index (κ1) is 23.2. The molecule has 186 valence electrons. The highest BCUT2D eigenvalue weighted by Gasteiger charge is 2.51. The fourth-order valence-electron chi connectivity index (χ4n) is 5.27. The molecule has 1 saturated carbocycles. The van der Waals surface area contributed by atoms with Crippen LogP contribution in [0.4, 0.5) is 0 Å². The predicted octanol–water partition coefficient (Wildman–Crippen LogP) is 1.58. The van der Waals surface area contributed by atoms with Crippen LogP contribution >= 0.6 is 0 Å². The van der Waals surface area contributed by atoms with Gasteiger partial charge in [-0.1, -0.05) is 0 Å². The van der Waals surface area contributed by atoms with E-state index in [2.05, 4.69) is 0 Å². The maximum absolute atomic E-state index is 13.6. The molecule has 10 nitrogen and oxygen atoms in total. The second kappa shape index (κ2) is 8.90. The topological polar surface area (TPSA) is 106 Å². The van der Waals surface area contributed by atoms with Gasteiger partial charge < -0.3 is 28.9 Å². The Morgan fingerprint density at radius 3 is 2.20 bits per heavy atom. The normalized spacial score (nSPS) is 23.5. The van der Waals surface area contributed by atoms with Gasteiger partial charge in [-0.05, 0) is 50.2 Å². The van der Waals surface area contributed by atoms with Gasteiger partial charge >= 0.3 is 0 Å². The number of methoxy groups -OCH3 is 3. The molecule has 0 N–H and O–H groups in total. The van der Waals surface area contributed by atoms with Crippen molar-refractivity contribution in [3.63, 3.8) is 0 Å². The number of nitrogens with zero attached hydrogens (tertiary/aromatic N) is 3. The zero-order valence-electron chi connectivity index (χ0n) is 20.1. The van der Waals surface area contributed by atoms with Crippen molar-refractivity contribution < 1.29 is 33.4 Å². The zero-order chi connectivity index (χ0) is 24.9. The number of carbonyl (C=O) groups is 4. The number of hydrogen-bond donors (Lipinski definition) is 0. The Hall–Kier alpha value is -3.56. The summed E-state index contributed by atoms with van der Waals surface area (Å²) in [6.45, 7) is 0.603. The first-order valence-electron chi connectivity index (χ1n) is 11.9. The lowest BCUT2D eigenvalue weighted by Gasteiger charge is -2.51. The van der Waals surface area contributed by atoms with E-state index in [1.54, 1.807) is 11.1 Å². The second-order valence-corrected chi connectivity index (χ2v) is 9.39. The molecule has 0 spiro atoms. The lowest BCUT2D eigenvalue weighted by atomic mass is 9.87. The average molecular weight is 484 g/mol. The number of ether oxygens (including phenoxy) is 3. The Morgan fingerprint density at radius 2 is 1.60 bits per heavy atom. The van der Waals surface area contributed by atoms with Gasteiger partial charge in [0.25, 0.3) is 11.7 Å². The molecular weight excluding hydrogens is 454 g/mol. The third-order valence-corrected chi connectivity index (χ3v) is 7.24. The number of piperidine rings is 1. The standard InChI is InChI=1S/C25H29N3O7/c1-33-19-9-15(10-20(34-2)23(19)35-3)22(30)25(32)28-16-5-4-6-17(28)24(31)27-13-21(29)26(12-18(16)27)11-14-7-8-14/h9-10,12,14,16-17H,4-8,11,13H2,1-3H3. The third kappa shape index (κ3) is 3.90. The number of hydrogen-bond acceptors (Lipinski definition) is 7. The van der Waals surface area contributed by atoms with Crippen molar-refractivity contribution in [1.29, 1.82) is 0 Å². The second-order valence-electron chi connectivity index (χ2n) is 9.39. The number of rotatable bonds is 7. The maximum atomic E-state index is 13.6. The van der Waals surface area contributed by atoms with Gasteiger partial charge in [-0.2, -0.15) is 0 Å². The number of ketones is 1. The van der Waals surface area contributed by atoms with Gasteiger partial charge in [-0.25, -0.2) is 0 Å². The van der Waals surface area contributed by atoms with Crippen molar-refractivity contribution in [2.24, 2.45) is 5.92 Å². The highest BCUT2D eigenvalue weighted by atomic mass is 16.5. The van der Waals surface area contributed by atoms with Crippen molar-refractivity contribution >= 4 is 23.5 Å². The van der Waals surface area contributed by atoms with Crippen LogP contribution in [-0.4, -0.2) is 84.7 Å². The molecule has 4 aliphatic rings. The zero-order valence-corrected chi connectivity index (χ0v) is 20.1. The molecule has 1 aromatic carbocycles. The first-order chi connectivity index (χ1) is 16.9. The van der Waals surface area contributed by atoms with Crippen LogP contribution in [0.1, 0.15) is 42.5 Å². The van der Waals surface area contributed by atoms with E-state index in [9.17, 15) is 19.2 Å². The Labute approximate surface area is 203 Å². The molecule has 10 heteroatoms. The predicted molar refractivity (Wildman–Crippen MR) is 123 cm³/mol. The minimum Gasteiger partial charge on any atom is -0.493 e. The summed E-state index contributed by atoms with van der Waals surface area (Å²) in [4.78, 5) is 57.7. The Bertz CT molecular complexity index is 1100. The molecule has 3 amide bonds. The molecular formula is C25H29N3O7. The smallest absolute Gasteiger partial charge is 0.296 e. The Morgan fingerprint density at radius 1 is 0.943 bits per heavy atom. The van der Waals surface area contributed by atoms with Crippen LogP contribution in [0.3, 0.4) is 0 Å². The molecule has 2 bridgehead atoms. The number of Topliss-reactive ketones (excluding diaryl/α,β-unsaturated/α-hetero) is 1. The molecule has 3 aliphatic heterocycles. The van der Waals surface area contributed by atoms with E-state index in [1.165, 1.54) is 43.3 Å². The first-order valence-corrected chi connectivity index (χ1v) is 11.9. The average Bonchev–Trinajstić information content (AvgIpc) is 3.70. The van der Waals surface area contributed by atoms with Gasteiger partial charge in [-0.15, -0.1) is 0 Å². The Kier molecular flexibility index (Phi) is 5.90. The fraction of sp³-hybridized carbons (Fsp3) is 0.520. The van der Waals surface area contributed by atoms with Crippen molar-refractivity contribution in [2.45, 2.75) is 44.2 Å². The van der Waals surface area contributed by atoms with E-state index in [-0.39, 0.29) is 35.4 Å². The number of amides is 3. The molecule has 1 aliphatic carbocycles. The van der Waals surface area contributed by atoms with Crippen molar-refractivity contribution in [2.75, 3.05) is 34.4 Å². The van der Waals surface area contributed by atoms with Crippen molar-refractivity contribution in [3.05, 3.63) is 29.6 Å². The maximum Gasteiger partial charge on any atom is 0.296 e. The molecule has 2 atom stereocenters. The number of piperazine rings is 1. The van der Waals surface area contributed by atoms with Gasteiger partial charge in [0.05, 0.1) is 33.1 Å². The van der Waals surface area contributed by atoms with E-state index in [4.69, 9.17) is 14.2 Å². The molecule has 0 radical (unpaired) electrons. The highest BCUT2D eigenvalue weighted by Crippen LogP contribution is 2.41. The van der Waals surface area contributed by atoms with Crippen LogP contribution in [0.25, 0.3) is 0 Å². The van der Waals surface area contributed by atoms with E-state index < -0.39 is 23.8 Å². The third-order valence-electron chi connectivity index (χ3n) is 7.24. The molecule has 5 rings (SSSR count). The van der Waals surface area contributed by atoms with Crippen molar-refractivity contribution in [1.82, 2.24) is 14.7 Å². The Balaban J connectivity index is 1.48. The van der Waals surface area contributed by atoms with Gasteiger partial charge in [-0.3, -0.25) is 19.2 Å². The fourth-order valence-corrected chi connectivity index (χ4v) is 5.27. The van der Waals surface area contributed by atoms with Gasteiger partial charge in [0, 0.05) is 18.3 Å². The van der Waals surface area contributed by atoms with Gasteiger partial charge in [0.1, 0.15) is 12.6 Å². The number of fused-ring (bicyclic) bond motifs is 4. The minimum absolute atomic E-state index is 0.0206. The molecule has 2 unspecified atom stereocenters. The van der Waals surface area contributed by atoms with E-state index in [0.29, 0.717) is 36.8 Å². The largest absolute Gasteiger partial charge is 0.493 e. The van der Waals surface area contributed by atoms with Gasteiger partial charge in [0.2, 0.25) is 17.6 Å². The van der Waals surface area contributed by atoms with Crippen LogP contribution in [0, 0.1) is 5.92 Å². The van der Waals surface area contributed by atoms with Crippen LogP contribution in [0.5, 0.6) is 17.2 Å². The summed E-state index contributed by atoms with van der Waals surface area (Å²) in [6, 6.07) is 1.66. The summed E-state index contributed by atoms with van der Waals surface area (Å²) >= 11 is 0. The monoisotopic (exact) mass is 483 g/mol. The van der Waals surface area contributed by atoms with E-state index in [0.717, 1.165) is 19.3 Å². The van der Waals surface area contributed by atoms with Crippen LogP contribution in [0.15, 0.2) is 24.0 Å². The lowest BCUT2D eigenvalue weighted by molar-refractivity contribution is -0.156. The lowest BCUT2D eigenvalue weighted by Crippen LogP contribution is -2.67. The summed E-state index contributed by atoms with van der Waals surface area (Å²) in [5.41, 5.74) is 0.706. The van der Waals surface area contributed by atoms with Crippen LogP contribution in [-0.2, 0) is 14.4 Å². The molecule has 1 aromatic rings. The molecule has 35 heavy (non-hydrogen) atoms. The SMILES string of the molecule is COc1cc(C(=O)C(=O)N2C3CCCC2C2=CN(CC4CC4)C(=O)CN2C3=O)cc(OC)c1OC. The molecule has 2 saturated heterocycles. The molecule has 0 aromatic heterocycles. The van der Waals surface area contributed by atoms with Crippen LogP contribution < -0.4 is 14.2 Å². The minimum atomic E-state index is -0.771. The molecule has 3 fully saturated rings. The van der Waals surface area contributed by atoms with E-state index in [1.807, 2.05) is 0 Å². The quantitative estimate of drug-likeness (QED) is 0.428. The number of carbonyl (C=O) groups excluding carboxylic acids is 4. The number of benzene rings is 1. The summed E-state index contributed by atoms with van der Waals surface area (Å²) in [5.74, 6) is -0.620.